The van der Waals surface area contributed by atoms with E-state index in [1.165, 1.54) is 0 Å². The molecule has 1 aliphatic carbocycles. The molecule has 0 unspecified atom stereocenters. The van der Waals surface area contributed by atoms with Gasteiger partial charge in [-0.25, -0.2) is 14.5 Å². The predicted molar refractivity (Wildman–Crippen MR) is 87.0 cm³/mol. The van der Waals surface area contributed by atoms with Gasteiger partial charge in [0.2, 0.25) is 0 Å². The van der Waals surface area contributed by atoms with Gasteiger partial charge in [-0.15, -0.1) is 0 Å². The molecule has 0 atom stereocenters. The molecule has 1 saturated heterocycles. The van der Waals surface area contributed by atoms with E-state index in [2.05, 4.69) is 17.0 Å². The molecule has 3 heterocycles. The van der Waals surface area contributed by atoms with Crippen molar-refractivity contribution in [1.82, 2.24) is 19.7 Å². The third-order valence-electron chi connectivity index (χ3n) is 5.12. The van der Waals surface area contributed by atoms with Crippen molar-refractivity contribution in [3.63, 3.8) is 0 Å². The van der Waals surface area contributed by atoms with Crippen LogP contribution in [0.3, 0.4) is 0 Å². The summed E-state index contributed by atoms with van der Waals surface area (Å²) in [6.07, 6.45) is 4.28. The van der Waals surface area contributed by atoms with E-state index >= 15 is 0 Å². The van der Waals surface area contributed by atoms with Crippen LogP contribution in [-0.4, -0.2) is 50.9 Å². The fourth-order valence-corrected chi connectivity index (χ4v) is 3.58. The Morgan fingerprint density at radius 1 is 1.26 bits per heavy atom. The second-order valence-electron chi connectivity index (χ2n) is 6.94. The summed E-state index contributed by atoms with van der Waals surface area (Å²) < 4.78 is 2.00. The Labute approximate surface area is 135 Å². The van der Waals surface area contributed by atoms with Crippen molar-refractivity contribution < 1.29 is 9.90 Å². The number of carbonyl (C=O) groups is 1. The third-order valence-corrected chi connectivity index (χ3v) is 5.12. The Hall–Kier alpha value is -1.95. The summed E-state index contributed by atoms with van der Waals surface area (Å²) in [6.45, 7) is 3.97. The smallest absolute Gasteiger partial charge is 0.336 e. The highest BCUT2D eigenvalue weighted by Crippen LogP contribution is 2.41. The topological polar surface area (TPSA) is 71.2 Å². The van der Waals surface area contributed by atoms with Gasteiger partial charge >= 0.3 is 5.97 Å². The number of hydrogen-bond acceptors (Lipinski definition) is 4. The number of fused-ring (bicyclic) bond motifs is 1. The van der Waals surface area contributed by atoms with Crippen LogP contribution in [-0.2, 0) is 0 Å². The normalized spacial score (nSPS) is 20.3. The van der Waals surface area contributed by atoms with E-state index in [1.54, 1.807) is 6.07 Å². The molecule has 4 rings (SSSR count). The summed E-state index contributed by atoms with van der Waals surface area (Å²) in [5, 5.41) is 15.0. The number of pyridine rings is 1. The number of aromatic carboxylic acids is 1. The molecule has 2 fully saturated rings. The fourth-order valence-electron chi connectivity index (χ4n) is 3.58. The molecule has 6 heteroatoms. The SMILES string of the molecule is Cc1nn(C2CCN(C)CC2)c2nc(C3CC3)cc(C(=O)O)c12. The van der Waals surface area contributed by atoms with Gasteiger partial charge in [0, 0.05) is 11.6 Å². The van der Waals surface area contributed by atoms with E-state index in [0.717, 1.165) is 55.8 Å². The Morgan fingerprint density at radius 3 is 2.57 bits per heavy atom. The largest absolute Gasteiger partial charge is 0.478 e. The minimum absolute atomic E-state index is 0.311. The number of rotatable bonds is 3. The first-order valence-corrected chi connectivity index (χ1v) is 8.36. The van der Waals surface area contributed by atoms with E-state index in [4.69, 9.17) is 4.98 Å². The molecule has 0 radical (unpaired) electrons. The second kappa shape index (κ2) is 5.30. The minimum Gasteiger partial charge on any atom is -0.478 e. The Balaban J connectivity index is 1.86. The molecule has 0 amide bonds. The molecule has 0 bridgehead atoms. The summed E-state index contributed by atoms with van der Waals surface area (Å²) in [5.41, 5.74) is 2.81. The Morgan fingerprint density at radius 2 is 1.96 bits per heavy atom. The van der Waals surface area contributed by atoms with Gasteiger partial charge in [0.15, 0.2) is 5.65 Å². The number of aryl methyl sites for hydroxylation is 1. The van der Waals surface area contributed by atoms with Crippen LogP contribution in [0.15, 0.2) is 6.07 Å². The van der Waals surface area contributed by atoms with E-state index in [-0.39, 0.29) is 0 Å². The van der Waals surface area contributed by atoms with Gasteiger partial charge in [-0.2, -0.15) is 5.10 Å². The van der Waals surface area contributed by atoms with Gasteiger partial charge in [0.25, 0.3) is 0 Å². The maximum atomic E-state index is 11.7. The molecule has 122 valence electrons. The van der Waals surface area contributed by atoms with Gasteiger partial charge in [0.05, 0.1) is 22.7 Å². The van der Waals surface area contributed by atoms with Crippen LogP contribution in [0.2, 0.25) is 0 Å². The molecule has 6 nitrogen and oxygen atoms in total. The van der Waals surface area contributed by atoms with Crippen molar-refractivity contribution in [2.45, 2.75) is 44.6 Å². The zero-order valence-corrected chi connectivity index (χ0v) is 13.6. The number of piperidine rings is 1. The number of likely N-dealkylation sites (tertiary alicyclic amines) is 1. The molecule has 1 saturated carbocycles. The lowest BCUT2D eigenvalue weighted by molar-refractivity contribution is 0.0698. The van der Waals surface area contributed by atoms with Crippen molar-refractivity contribution in [1.29, 1.82) is 0 Å². The minimum atomic E-state index is -0.884. The average Bonchev–Trinajstić information content (AvgIpc) is 3.32. The molecular weight excluding hydrogens is 292 g/mol. The average molecular weight is 314 g/mol. The maximum absolute atomic E-state index is 11.7. The summed E-state index contributed by atoms with van der Waals surface area (Å²) in [4.78, 5) is 18.9. The number of hydrogen-bond donors (Lipinski definition) is 1. The molecule has 2 aliphatic rings. The number of carboxylic acid groups (broad SMARTS) is 1. The first-order valence-electron chi connectivity index (χ1n) is 8.36. The standard InChI is InChI=1S/C17H22N4O2/c1-10-15-13(17(22)23)9-14(11-3-4-11)18-16(15)21(19-10)12-5-7-20(2)8-6-12/h9,11-12H,3-8H2,1-2H3,(H,22,23). The van der Waals surface area contributed by atoms with Gasteiger partial charge in [0.1, 0.15) is 0 Å². The summed E-state index contributed by atoms with van der Waals surface area (Å²) in [7, 11) is 2.13. The van der Waals surface area contributed by atoms with Crippen LogP contribution in [0.25, 0.3) is 11.0 Å². The summed E-state index contributed by atoms with van der Waals surface area (Å²) in [5.74, 6) is -0.455. The van der Waals surface area contributed by atoms with Crippen LogP contribution in [0.5, 0.6) is 0 Å². The third kappa shape index (κ3) is 2.51. The zero-order valence-electron chi connectivity index (χ0n) is 13.6. The highest BCUT2D eigenvalue weighted by atomic mass is 16.4. The number of carboxylic acids is 1. The zero-order chi connectivity index (χ0) is 16.1. The van der Waals surface area contributed by atoms with Crippen LogP contribution in [0.1, 0.15) is 59.4 Å². The predicted octanol–water partition coefficient (Wildman–Crippen LogP) is 2.58. The van der Waals surface area contributed by atoms with Gasteiger partial charge < -0.3 is 10.0 Å². The van der Waals surface area contributed by atoms with Crippen molar-refractivity contribution in [2.75, 3.05) is 20.1 Å². The number of aromatic nitrogens is 3. The fraction of sp³-hybridized carbons (Fsp3) is 0.588. The van der Waals surface area contributed by atoms with Crippen molar-refractivity contribution in [3.05, 3.63) is 23.0 Å². The van der Waals surface area contributed by atoms with Gasteiger partial charge in [-0.1, -0.05) is 0 Å². The first kappa shape index (κ1) is 14.6. The highest BCUT2D eigenvalue weighted by molar-refractivity contribution is 6.03. The summed E-state index contributed by atoms with van der Waals surface area (Å²) >= 11 is 0. The van der Waals surface area contributed by atoms with Crippen molar-refractivity contribution in [2.24, 2.45) is 0 Å². The molecular formula is C17H22N4O2. The highest BCUT2D eigenvalue weighted by Gasteiger charge is 2.30. The summed E-state index contributed by atoms with van der Waals surface area (Å²) in [6, 6.07) is 2.07. The maximum Gasteiger partial charge on any atom is 0.336 e. The van der Waals surface area contributed by atoms with Crippen LogP contribution in [0, 0.1) is 6.92 Å². The number of nitrogens with zero attached hydrogens (tertiary/aromatic N) is 4. The van der Waals surface area contributed by atoms with Gasteiger partial charge in [-0.3, -0.25) is 0 Å². The lowest BCUT2D eigenvalue weighted by Gasteiger charge is -2.29. The molecule has 1 N–H and O–H groups in total. The Bertz CT molecular complexity index is 770. The van der Waals surface area contributed by atoms with E-state index in [9.17, 15) is 9.90 Å². The van der Waals surface area contributed by atoms with E-state index < -0.39 is 5.97 Å². The van der Waals surface area contributed by atoms with E-state index in [0.29, 0.717) is 22.9 Å². The molecule has 1 aliphatic heterocycles. The molecule has 0 spiro atoms. The monoisotopic (exact) mass is 314 g/mol. The van der Waals surface area contributed by atoms with Crippen LogP contribution in [0.4, 0.5) is 0 Å². The second-order valence-corrected chi connectivity index (χ2v) is 6.94. The molecule has 23 heavy (non-hydrogen) atoms. The van der Waals surface area contributed by atoms with Crippen LogP contribution >= 0.6 is 0 Å². The quantitative estimate of drug-likeness (QED) is 0.943. The first-order chi connectivity index (χ1) is 11.0. The lowest BCUT2D eigenvalue weighted by atomic mass is 10.1. The molecule has 0 aromatic carbocycles. The molecule has 2 aromatic rings. The van der Waals surface area contributed by atoms with Crippen molar-refractivity contribution >= 4 is 17.0 Å². The van der Waals surface area contributed by atoms with Crippen molar-refractivity contribution in [3.8, 4) is 0 Å². The van der Waals surface area contributed by atoms with Crippen LogP contribution < -0.4 is 0 Å². The van der Waals surface area contributed by atoms with E-state index in [1.807, 2.05) is 11.6 Å². The van der Waals surface area contributed by atoms with Gasteiger partial charge in [-0.05, 0) is 58.8 Å². The lowest BCUT2D eigenvalue weighted by Crippen LogP contribution is -2.32. The molecule has 2 aromatic heterocycles. The Kier molecular flexibility index (Phi) is 3.37.